The Balaban J connectivity index is 0.00000128. The van der Waals surface area contributed by atoms with Crippen LogP contribution in [0.5, 0.6) is 0 Å². The fraction of sp³-hybridized carbons (Fsp3) is 1.00. The van der Waals surface area contributed by atoms with Crippen LogP contribution in [0.1, 0.15) is 26.7 Å². The summed E-state index contributed by atoms with van der Waals surface area (Å²) < 4.78 is 5.56. The Bertz CT molecular complexity index is 187. The smallest absolute Gasteiger partial charge is 0.0620 e. The van der Waals surface area contributed by atoms with Crippen molar-refractivity contribution in [3.05, 3.63) is 0 Å². The van der Waals surface area contributed by atoms with Gasteiger partial charge in [0, 0.05) is 18.6 Å². The summed E-state index contributed by atoms with van der Waals surface area (Å²) in [5, 5.41) is 3.43. The Kier molecular flexibility index (Phi) is 6.05. The summed E-state index contributed by atoms with van der Waals surface area (Å²) in [6.07, 6.45) is 2.69. The van der Waals surface area contributed by atoms with E-state index in [0.717, 1.165) is 19.1 Å². The highest BCUT2D eigenvalue weighted by atomic mass is 35.5. The normalized spacial score (nSPS) is 33.4. The SMILES string of the molecule is CC1COCC(C)N1CC1CCNCC1.Cl. The number of hydrogen-bond donors (Lipinski definition) is 1. The second-order valence-electron chi connectivity index (χ2n) is 5.13. The molecule has 2 fully saturated rings. The maximum atomic E-state index is 5.56. The van der Waals surface area contributed by atoms with E-state index in [4.69, 9.17) is 4.74 Å². The molecule has 0 aliphatic carbocycles. The molecular formula is C12H25ClN2O. The number of morpholine rings is 1. The largest absolute Gasteiger partial charge is 0.378 e. The quantitative estimate of drug-likeness (QED) is 0.802. The van der Waals surface area contributed by atoms with Gasteiger partial charge in [0.2, 0.25) is 0 Å². The lowest BCUT2D eigenvalue weighted by atomic mass is 9.96. The summed E-state index contributed by atoms with van der Waals surface area (Å²) in [5.41, 5.74) is 0. The molecule has 0 aromatic carbocycles. The van der Waals surface area contributed by atoms with Gasteiger partial charge in [-0.1, -0.05) is 0 Å². The topological polar surface area (TPSA) is 24.5 Å². The number of nitrogens with one attached hydrogen (secondary N) is 1. The van der Waals surface area contributed by atoms with E-state index in [1.54, 1.807) is 0 Å². The Morgan fingerprint density at radius 2 is 1.69 bits per heavy atom. The second kappa shape index (κ2) is 6.80. The summed E-state index contributed by atoms with van der Waals surface area (Å²) in [7, 11) is 0. The number of rotatable bonds is 2. The lowest BCUT2D eigenvalue weighted by molar-refractivity contribution is -0.0447. The van der Waals surface area contributed by atoms with Crippen molar-refractivity contribution in [2.45, 2.75) is 38.8 Å². The summed E-state index contributed by atoms with van der Waals surface area (Å²) in [6, 6.07) is 1.20. The Morgan fingerprint density at radius 1 is 1.12 bits per heavy atom. The molecule has 96 valence electrons. The first-order chi connectivity index (χ1) is 7.27. The minimum atomic E-state index is 0. The molecule has 3 nitrogen and oxygen atoms in total. The highest BCUT2D eigenvalue weighted by Crippen LogP contribution is 2.19. The molecule has 2 atom stereocenters. The van der Waals surface area contributed by atoms with Crippen molar-refractivity contribution in [3.8, 4) is 0 Å². The third-order valence-corrected chi connectivity index (χ3v) is 3.78. The molecule has 1 N–H and O–H groups in total. The van der Waals surface area contributed by atoms with Crippen LogP contribution in [0.4, 0.5) is 0 Å². The van der Waals surface area contributed by atoms with Gasteiger partial charge in [-0.05, 0) is 45.7 Å². The Morgan fingerprint density at radius 3 is 2.25 bits per heavy atom. The van der Waals surface area contributed by atoms with E-state index in [-0.39, 0.29) is 12.4 Å². The molecule has 2 aliphatic heterocycles. The van der Waals surface area contributed by atoms with Crippen LogP contribution in [0.15, 0.2) is 0 Å². The molecule has 0 radical (unpaired) electrons. The average Bonchev–Trinajstić information content (AvgIpc) is 2.25. The van der Waals surface area contributed by atoms with Gasteiger partial charge in [0.15, 0.2) is 0 Å². The van der Waals surface area contributed by atoms with Crippen LogP contribution in [0, 0.1) is 5.92 Å². The molecule has 0 saturated carbocycles. The van der Waals surface area contributed by atoms with Gasteiger partial charge < -0.3 is 10.1 Å². The molecule has 4 heteroatoms. The summed E-state index contributed by atoms with van der Waals surface area (Å²) in [4.78, 5) is 2.64. The van der Waals surface area contributed by atoms with Crippen LogP contribution in [0.2, 0.25) is 0 Å². The predicted octanol–water partition coefficient (Wildman–Crippen LogP) is 1.52. The highest BCUT2D eigenvalue weighted by Gasteiger charge is 2.27. The van der Waals surface area contributed by atoms with E-state index in [0.29, 0.717) is 12.1 Å². The van der Waals surface area contributed by atoms with Gasteiger partial charge in [0.05, 0.1) is 13.2 Å². The highest BCUT2D eigenvalue weighted by molar-refractivity contribution is 5.85. The van der Waals surface area contributed by atoms with Gasteiger partial charge in [0.25, 0.3) is 0 Å². The molecule has 0 amide bonds. The number of halogens is 1. The van der Waals surface area contributed by atoms with E-state index >= 15 is 0 Å². The summed E-state index contributed by atoms with van der Waals surface area (Å²) >= 11 is 0. The maximum Gasteiger partial charge on any atom is 0.0620 e. The monoisotopic (exact) mass is 248 g/mol. The van der Waals surface area contributed by atoms with Crippen molar-refractivity contribution < 1.29 is 4.74 Å². The molecule has 2 rings (SSSR count). The Labute approximate surface area is 105 Å². The van der Waals surface area contributed by atoms with Crippen LogP contribution < -0.4 is 5.32 Å². The fourth-order valence-electron chi connectivity index (χ4n) is 2.76. The van der Waals surface area contributed by atoms with Crippen molar-refractivity contribution in [1.29, 1.82) is 0 Å². The molecule has 0 aromatic rings. The lowest BCUT2D eigenvalue weighted by Crippen LogP contribution is -2.52. The molecule has 2 unspecified atom stereocenters. The molecule has 0 bridgehead atoms. The summed E-state index contributed by atoms with van der Waals surface area (Å²) in [5.74, 6) is 0.897. The lowest BCUT2D eigenvalue weighted by Gasteiger charge is -2.41. The molecule has 0 aromatic heterocycles. The molecule has 2 heterocycles. The zero-order chi connectivity index (χ0) is 10.7. The Hall–Kier alpha value is 0.170. The minimum absolute atomic E-state index is 0. The number of hydrogen-bond acceptors (Lipinski definition) is 3. The molecular weight excluding hydrogens is 224 g/mol. The third-order valence-electron chi connectivity index (χ3n) is 3.78. The van der Waals surface area contributed by atoms with Crippen LogP contribution >= 0.6 is 12.4 Å². The van der Waals surface area contributed by atoms with Gasteiger partial charge >= 0.3 is 0 Å². The van der Waals surface area contributed by atoms with E-state index < -0.39 is 0 Å². The van der Waals surface area contributed by atoms with Crippen LogP contribution in [0.3, 0.4) is 0 Å². The molecule has 0 spiro atoms. The van der Waals surface area contributed by atoms with Crippen molar-refractivity contribution >= 4 is 12.4 Å². The molecule has 2 aliphatic rings. The molecule has 2 saturated heterocycles. The summed E-state index contributed by atoms with van der Waals surface area (Å²) in [6.45, 7) is 10.1. The predicted molar refractivity (Wildman–Crippen MR) is 69.3 cm³/mol. The van der Waals surface area contributed by atoms with Crippen molar-refractivity contribution in [2.75, 3.05) is 32.8 Å². The molecule has 16 heavy (non-hydrogen) atoms. The van der Waals surface area contributed by atoms with E-state index in [2.05, 4.69) is 24.1 Å². The number of piperidine rings is 1. The number of ether oxygens (including phenoxy) is 1. The number of nitrogens with zero attached hydrogens (tertiary/aromatic N) is 1. The van der Waals surface area contributed by atoms with E-state index in [9.17, 15) is 0 Å². The van der Waals surface area contributed by atoms with Gasteiger partial charge in [-0.25, -0.2) is 0 Å². The standard InChI is InChI=1S/C12H24N2O.ClH/c1-10-8-15-9-11(2)14(10)7-12-3-5-13-6-4-12;/h10-13H,3-9H2,1-2H3;1H. The van der Waals surface area contributed by atoms with Gasteiger partial charge in [0.1, 0.15) is 0 Å². The minimum Gasteiger partial charge on any atom is -0.378 e. The average molecular weight is 249 g/mol. The van der Waals surface area contributed by atoms with Crippen molar-refractivity contribution in [1.82, 2.24) is 10.2 Å². The maximum absolute atomic E-state index is 5.56. The third kappa shape index (κ3) is 3.59. The first-order valence-electron chi connectivity index (χ1n) is 6.31. The van der Waals surface area contributed by atoms with Crippen LogP contribution in [0.25, 0.3) is 0 Å². The van der Waals surface area contributed by atoms with Crippen LogP contribution in [-0.4, -0.2) is 49.8 Å². The van der Waals surface area contributed by atoms with Crippen LogP contribution in [-0.2, 0) is 4.74 Å². The van der Waals surface area contributed by atoms with Crippen molar-refractivity contribution in [3.63, 3.8) is 0 Å². The first-order valence-corrected chi connectivity index (χ1v) is 6.31. The zero-order valence-electron chi connectivity index (χ0n) is 10.4. The van der Waals surface area contributed by atoms with Gasteiger partial charge in [-0.2, -0.15) is 0 Å². The van der Waals surface area contributed by atoms with E-state index in [1.807, 2.05) is 0 Å². The van der Waals surface area contributed by atoms with Gasteiger partial charge in [-0.15, -0.1) is 12.4 Å². The van der Waals surface area contributed by atoms with E-state index in [1.165, 1.54) is 32.5 Å². The van der Waals surface area contributed by atoms with Gasteiger partial charge in [-0.3, -0.25) is 4.90 Å². The first kappa shape index (κ1) is 14.2. The fourth-order valence-corrected chi connectivity index (χ4v) is 2.76. The van der Waals surface area contributed by atoms with Crippen molar-refractivity contribution in [2.24, 2.45) is 5.92 Å². The second-order valence-corrected chi connectivity index (χ2v) is 5.13. The zero-order valence-corrected chi connectivity index (χ0v) is 11.3.